The van der Waals surface area contributed by atoms with Gasteiger partial charge < -0.3 is 0 Å². The van der Waals surface area contributed by atoms with E-state index >= 15 is 0 Å². The van der Waals surface area contributed by atoms with Crippen LogP contribution in [0, 0.1) is 0 Å². The van der Waals surface area contributed by atoms with Crippen LogP contribution in [0.3, 0.4) is 0 Å². The molecule has 0 bridgehead atoms. The van der Waals surface area contributed by atoms with E-state index in [0.717, 1.165) is 20.9 Å². The Hall–Kier alpha value is -2.08. The zero-order chi connectivity index (χ0) is 17.1. The monoisotopic (exact) mass is 383 g/mol. The third-order valence-corrected chi connectivity index (χ3v) is 6.02. The molecule has 0 aliphatic carbocycles. The maximum atomic E-state index is 6.05. The number of thiophene rings is 1. The molecule has 0 amide bonds. The largest absolute Gasteiger partial charge is 0.257 e. The summed E-state index contributed by atoms with van der Waals surface area (Å²) in [6, 6.07) is 22.4. The number of H-pyrrole nitrogens is 1. The molecule has 1 N–H and O–H groups in total. The molecule has 0 radical (unpaired) electrons. The fraction of sp³-hybridized carbons (Fsp3) is 0.0526. The zero-order valence-corrected chi connectivity index (χ0v) is 15.5. The van der Waals surface area contributed by atoms with Crippen molar-refractivity contribution in [2.75, 3.05) is 0 Å². The van der Waals surface area contributed by atoms with Gasteiger partial charge >= 0.3 is 0 Å². The van der Waals surface area contributed by atoms with Gasteiger partial charge in [-0.05, 0) is 34.7 Å². The lowest BCUT2D eigenvalue weighted by Gasteiger charge is -2.16. The summed E-state index contributed by atoms with van der Waals surface area (Å²) in [5.74, 6) is 0.806. The fourth-order valence-electron chi connectivity index (χ4n) is 2.52. The van der Waals surface area contributed by atoms with Gasteiger partial charge in [0, 0.05) is 5.02 Å². The first-order chi connectivity index (χ1) is 12.3. The number of aromatic amines is 1. The molecule has 0 saturated carbocycles. The van der Waals surface area contributed by atoms with Crippen LogP contribution < -0.4 is 0 Å². The molecule has 6 heteroatoms. The van der Waals surface area contributed by atoms with E-state index in [0.29, 0.717) is 0 Å². The van der Waals surface area contributed by atoms with Crippen LogP contribution >= 0.6 is 34.7 Å². The lowest BCUT2D eigenvalue weighted by Crippen LogP contribution is -1.97. The van der Waals surface area contributed by atoms with Gasteiger partial charge in [0.15, 0.2) is 5.82 Å². The molecule has 3 nitrogen and oxygen atoms in total. The molecule has 1 atom stereocenters. The average Bonchev–Trinajstić information content (AvgIpc) is 3.33. The molecule has 25 heavy (non-hydrogen) atoms. The Bertz CT molecular complexity index is 934. The highest BCUT2D eigenvalue weighted by Gasteiger charge is 2.18. The van der Waals surface area contributed by atoms with E-state index in [4.69, 9.17) is 11.6 Å². The summed E-state index contributed by atoms with van der Waals surface area (Å²) < 4.78 is 0. The molecular formula is C19H14ClN3S2. The minimum atomic E-state index is 0.102. The Morgan fingerprint density at radius 3 is 2.40 bits per heavy atom. The third kappa shape index (κ3) is 3.79. The van der Waals surface area contributed by atoms with Gasteiger partial charge in [-0.15, -0.1) is 16.4 Å². The van der Waals surface area contributed by atoms with E-state index < -0.39 is 0 Å². The Kier molecular flexibility index (Phi) is 4.88. The Morgan fingerprint density at radius 2 is 1.68 bits per heavy atom. The van der Waals surface area contributed by atoms with Crippen molar-refractivity contribution < 1.29 is 0 Å². The van der Waals surface area contributed by atoms with Crippen molar-refractivity contribution in [2.24, 2.45) is 0 Å². The number of hydrogen-bond acceptors (Lipinski definition) is 4. The Labute approximate surface area is 159 Å². The van der Waals surface area contributed by atoms with Gasteiger partial charge in [0.25, 0.3) is 0 Å². The number of aromatic nitrogens is 3. The molecule has 124 valence electrons. The summed E-state index contributed by atoms with van der Waals surface area (Å²) in [7, 11) is 0. The van der Waals surface area contributed by atoms with Crippen LogP contribution in [0.1, 0.15) is 16.4 Å². The number of nitrogens with zero attached hydrogens (tertiary/aromatic N) is 2. The van der Waals surface area contributed by atoms with Crippen molar-refractivity contribution in [2.45, 2.75) is 10.4 Å². The standard InChI is InChI=1S/C19H14ClN3S2/c20-15-10-8-14(9-11-15)17(13-5-2-1-3-6-13)25-19-21-18(22-23-19)16-7-4-12-24-16/h1-12,17H,(H,21,22,23)/t17-/m0/s1. The summed E-state index contributed by atoms with van der Waals surface area (Å²) in [6.07, 6.45) is 0. The molecule has 0 saturated heterocycles. The van der Waals surface area contributed by atoms with Gasteiger partial charge in [-0.3, -0.25) is 5.10 Å². The average molecular weight is 384 g/mol. The molecule has 4 rings (SSSR count). The highest BCUT2D eigenvalue weighted by molar-refractivity contribution is 7.99. The summed E-state index contributed by atoms with van der Waals surface area (Å²) in [5, 5.41) is 11.0. The predicted octanol–water partition coefficient (Wildman–Crippen LogP) is 6.07. The fourth-order valence-corrected chi connectivity index (χ4v) is 4.35. The third-order valence-electron chi connectivity index (χ3n) is 3.72. The topological polar surface area (TPSA) is 41.6 Å². The van der Waals surface area contributed by atoms with Gasteiger partial charge in [-0.25, -0.2) is 4.98 Å². The molecule has 0 aliphatic heterocycles. The van der Waals surface area contributed by atoms with Gasteiger partial charge in [-0.1, -0.05) is 71.9 Å². The van der Waals surface area contributed by atoms with E-state index in [1.165, 1.54) is 11.1 Å². The van der Waals surface area contributed by atoms with Crippen molar-refractivity contribution in [3.8, 4) is 10.7 Å². The molecular weight excluding hydrogens is 370 g/mol. The predicted molar refractivity (Wildman–Crippen MR) is 105 cm³/mol. The maximum Gasteiger partial charge on any atom is 0.209 e. The van der Waals surface area contributed by atoms with E-state index in [2.05, 4.69) is 39.4 Å². The van der Waals surface area contributed by atoms with Crippen LogP contribution in [-0.4, -0.2) is 15.2 Å². The molecule has 0 aliphatic rings. The molecule has 0 spiro atoms. The van der Waals surface area contributed by atoms with Crippen LogP contribution in [-0.2, 0) is 0 Å². The number of benzene rings is 2. The number of thioether (sulfide) groups is 1. The van der Waals surface area contributed by atoms with Crippen LogP contribution in [0.15, 0.2) is 77.3 Å². The molecule has 2 heterocycles. The van der Waals surface area contributed by atoms with Gasteiger partial charge in [0.2, 0.25) is 5.16 Å². The summed E-state index contributed by atoms with van der Waals surface area (Å²) in [6.45, 7) is 0. The highest BCUT2D eigenvalue weighted by Crippen LogP contribution is 2.39. The van der Waals surface area contributed by atoms with Crippen molar-refractivity contribution in [1.82, 2.24) is 15.2 Å². The first kappa shape index (κ1) is 16.4. The van der Waals surface area contributed by atoms with Crippen LogP contribution in [0.25, 0.3) is 10.7 Å². The number of rotatable bonds is 5. The number of hydrogen-bond donors (Lipinski definition) is 1. The molecule has 4 aromatic rings. The second-order valence-corrected chi connectivity index (χ2v) is 7.86. The normalized spacial score (nSPS) is 12.2. The Morgan fingerprint density at radius 1 is 0.920 bits per heavy atom. The Balaban J connectivity index is 1.66. The van der Waals surface area contributed by atoms with Crippen molar-refractivity contribution in [3.05, 3.63) is 88.3 Å². The van der Waals surface area contributed by atoms with Crippen molar-refractivity contribution in [1.29, 1.82) is 0 Å². The second kappa shape index (κ2) is 7.44. The molecule has 0 unspecified atom stereocenters. The first-order valence-electron chi connectivity index (χ1n) is 7.73. The number of nitrogens with one attached hydrogen (secondary N) is 1. The molecule has 0 fully saturated rings. The minimum absolute atomic E-state index is 0.102. The van der Waals surface area contributed by atoms with Gasteiger partial charge in [0.1, 0.15) is 0 Å². The van der Waals surface area contributed by atoms with Crippen LogP contribution in [0.5, 0.6) is 0 Å². The molecule has 2 aromatic heterocycles. The zero-order valence-electron chi connectivity index (χ0n) is 13.1. The lowest BCUT2D eigenvalue weighted by molar-refractivity contribution is 0.965. The minimum Gasteiger partial charge on any atom is -0.257 e. The van der Waals surface area contributed by atoms with E-state index in [1.54, 1.807) is 23.1 Å². The van der Waals surface area contributed by atoms with Crippen LogP contribution in [0.2, 0.25) is 5.02 Å². The van der Waals surface area contributed by atoms with Crippen molar-refractivity contribution >= 4 is 34.7 Å². The second-order valence-electron chi connectivity index (χ2n) is 5.40. The van der Waals surface area contributed by atoms with E-state index in [9.17, 15) is 0 Å². The molecule has 2 aromatic carbocycles. The summed E-state index contributed by atoms with van der Waals surface area (Å²) in [4.78, 5) is 5.73. The summed E-state index contributed by atoms with van der Waals surface area (Å²) in [5.41, 5.74) is 2.38. The van der Waals surface area contributed by atoms with E-state index in [-0.39, 0.29) is 5.25 Å². The smallest absolute Gasteiger partial charge is 0.209 e. The number of halogens is 1. The summed E-state index contributed by atoms with van der Waals surface area (Å²) >= 11 is 9.32. The van der Waals surface area contributed by atoms with Crippen molar-refractivity contribution in [3.63, 3.8) is 0 Å². The quantitative estimate of drug-likeness (QED) is 0.425. The van der Waals surface area contributed by atoms with Gasteiger partial charge in [0.05, 0.1) is 10.1 Å². The highest BCUT2D eigenvalue weighted by atomic mass is 35.5. The SMILES string of the molecule is Clc1ccc([C@@H](Sc2n[nH]c(-c3cccs3)n2)c2ccccc2)cc1. The van der Waals surface area contributed by atoms with Crippen LogP contribution in [0.4, 0.5) is 0 Å². The lowest BCUT2D eigenvalue weighted by atomic mass is 10.0. The van der Waals surface area contributed by atoms with E-state index in [1.807, 2.05) is 47.8 Å². The van der Waals surface area contributed by atoms with Gasteiger partial charge in [-0.2, -0.15) is 0 Å². The first-order valence-corrected chi connectivity index (χ1v) is 9.87. The maximum absolute atomic E-state index is 6.05.